The third-order valence-corrected chi connectivity index (χ3v) is 4.85. The zero-order valence-electron chi connectivity index (χ0n) is 13.0. The summed E-state index contributed by atoms with van der Waals surface area (Å²) in [5, 5.41) is 13.7. The number of thiazole rings is 1. The van der Waals surface area contributed by atoms with Crippen LogP contribution >= 0.6 is 27.3 Å². The average Bonchev–Trinajstić information content (AvgIpc) is 3.02. The van der Waals surface area contributed by atoms with Crippen molar-refractivity contribution in [3.63, 3.8) is 0 Å². The lowest BCUT2D eigenvalue weighted by molar-refractivity contribution is -0.116. The van der Waals surface area contributed by atoms with Gasteiger partial charge in [0.2, 0.25) is 5.91 Å². The number of carbonyl (C=O) groups excluding carboxylic acids is 2. The van der Waals surface area contributed by atoms with Gasteiger partial charge in [-0.25, -0.2) is 9.78 Å². The third-order valence-electron chi connectivity index (χ3n) is 3.08. The smallest absolute Gasteiger partial charge is 0.357 e. The van der Waals surface area contributed by atoms with E-state index in [0.29, 0.717) is 5.69 Å². The number of amides is 1. The lowest BCUT2D eigenvalue weighted by atomic mass is 10.1. The van der Waals surface area contributed by atoms with E-state index in [2.05, 4.69) is 26.2 Å². The summed E-state index contributed by atoms with van der Waals surface area (Å²) in [7, 11) is 0. The van der Waals surface area contributed by atoms with Gasteiger partial charge in [0.05, 0.1) is 12.7 Å². The van der Waals surface area contributed by atoms with E-state index >= 15 is 0 Å². The normalized spacial score (nSPS) is 11.4. The number of nitriles is 1. The molecule has 124 valence electrons. The Labute approximate surface area is 151 Å². The minimum absolute atomic E-state index is 0.1000. The van der Waals surface area contributed by atoms with E-state index < -0.39 is 17.8 Å². The van der Waals surface area contributed by atoms with Crippen LogP contribution in [-0.4, -0.2) is 23.5 Å². The molecule has 1 aromatic carbocycles. The van der Waals surface area contributed by atoms with Gasteiger partial charge in [-0.05, 0) is 31.5 Å². The molecule has 6 nitrogen and oxygen atoms in total. The van der Waals surface area contributed by atoms with Crippen LogP contribution in [-0.2, 0) is 9.53 Å². The number of aromatic nitrogens is 1. The third kappa shape index (κ3) is 4.19. The second-order valence-electron chi connectivity index (χ2n) is 4.81. The first-order valence-corrected chi connectivity index (χ1v) is 8.72. The first-order valence-electron chi connectivity index (χ1n) is 7.05. The molecule has 0 spiro atoms. The van der Waals surface area contributed by atoms with Crippen LogP contribution in [0.4, 0.5) is 5.69 Å². The highest BCUT2D eigenvalue weighted by Gasteiger charge is 2.25. The average molecular weight is 408 g/mol. The van der Waals surface area contributed by atoms with Crippen molar-refractivity contribution in [3.8, 4) is 6.07 Å². The second kappa shape index (κ2) is 8.04. The number of nitrogens with one attached hydrogen (secondary N) is 1. The number of nitrogens with zero attached hydrogens (tertiary/aromatic N) is 2. The molecule has 0 aliphatic rings. The Morgan fingerprint density at radius 2 is 2.25 bits per heavy atom. The first kappa shape index (κ1) is 18.1. The van der Waals surface area contributed by atoms with E-state index in [1.807, 2.05) is 19.1 Å². The van der Waals surface area contributed by atoms with Gasteiger partial charge in [-0.15, -0.1) is 11.3 Å². The molecule has 0 saturated heterocycles. The molecule has 0 radical (unpaired) electrons. The van der Waals surface area contributed by atoms with Crippen molar-refractivity contribution in [2.45, 2.75) is 19.8 Å². The molecule has 24 heavy (non-hydrogen) atoms. The van der Waals surface area contributed by atoms with Gasteiger partial charge in [-0.1, -0.05) is 22.0 Å². The predicted octanol–water partition coefficient (Wildman–Crippen LogP) is 3.64. The Morgan fingerprint density at radius 3 is 2.88 bits per heavy atom. The molecule has 0 aliphatic carbocycles. The van der Waals surface area contributed by atoms with E-state index in [1.54, 1.807) is 19.1 Å². The van der Waals surface area contributed by atoms with Crippen molar-refractivity contribution in [1.29, 1.82) is 5.26 Å². The standard InChI is InChI=1S/C16H14BrN3O3S/c1-3-23-16(22)13-8-24-15(20-13)11(7-18)14(21)19-10-5-4-9(2)12(17)6-10/h4-6,8,11H,3H2,1-2H3,(H,19,21). The fourth-order valence-electron chi connectivity index (χ4n) is 1.83. The Bertz CT molecular complexity index is 813. The van der Waals surface area contributed by atoms with Gasteiger partial charge in [0, 0.05) is 15.5 Å². The largest absolute Gasteiger partial charge is 0.461 e. The van der Waals surface area contributed by atoms with Gasteiger partial charge < -0.3 is 10.1 Å². The fourth-order valence-corrected chi connectivity index (χ4v) is 3.04. The van der Waals surface area contributed by atoms with Crippen LogP contribution in [0.2, 0.25) is 0 Å². The van der Waals surface area contributed by atoms with Gasteiger partial charge in [0.25, 0.3) is 0 Å². The Kier molecular flexibility index (Phi) is 6.06. The van der Waals surface area contributed by atoms with Crippen molar-refractivity contribution in [3.05, 3.63) is 44.3 Å². The van der Waals surface area contributed by atoms with Crippen molar-refractivity contribution >= 4 is 44.8 Å². The molecular weight excluding hydrogens is 394 g/mol. The molecule has 0 bridgehead atoms. The molecule has 0 saturated carbocycles. The van der Waals surface area contributed by atoms with E-state index in [4.69, 9.17) is 4.74 Å². The van der Waals surface area contributed by atoms with Gasteiger partial charge in [-0.3, -0.25) is 4.79 Å². The summed E-state index contributed by atoms with van der Waals surface area (Å²) in [5.74, 6) is -2.17. The van der Waals surface area contributed by atoms with Crippen molar-refractivity contribution in [1.82, 2.24) is 4.98 Å². The molecule has 0 fully saturated rings. The summed E-state index contributed by atoms with van der Waals surface area (Å²) >= 11 is 4.47. The van der Waals surface area contributed by atoms with Crippen LogP contribution in [0.3, 0.4) is 0 Å². The summed E-state index contributed by atoms with van der Waals surface area (Å²) in [6.07, 6.45) is 0. The van der Waals surface area contributed by atoms with Crippen LogP contribution in [0.25, 0.3) is 0 Å². The molecule has 8 heteroatoms. The summed E-state index contributed by atoms with van der Waals surface area (Å²) in [6, 6.07) is 7.28. The lowest BCUT2D eigenvalue weighted by Crippen LogP contribution is -2.20. The zero-order valence-corrected chi connectivity index (χ0v) is 15.4. The summed E-state index contributed by atoms with van der Waals surface area (Å²) in [6.45, 7) is 3.85. The van der Waals surface area contributed by atoms with Crippen molar-refractivity contribution in [2.75, 3.05) is 11.9 Å². The Hall–Kier alpha value is -2.24. The van der Waals surface area contributed by atoms with Crippen molar-refractivity contribution in [2.24, 2.45) is 0 Å². The highest BCUT2D eigenvalue weighted by atomic mass is 79.9. The number of hydrogen-bond donors (Lipinski definition) is 1. The van der Waals surface area contributed by atoms with Crippen molar-refractivity contribution < 1.29 is 14.3 Å². The Balaban J connectivity index is 2.16. The minimum Gasteiger partial charge on any atom is -0.461 e. The van der Waals surface area contributed by atoms with Crippen LogP contribution < -0.4 is 5.32 Å². The highest BCUT2D eigenvalue weighted by molar-refractivity contribution is 9.10. The molecule has 2 aromatic rings. The number of rotatable bonds is 5. The lowest BCUT2D eigenvalue weighted by Gasteiger charge is -2.09. The van der Waals surface area contributed by atoms with Gasteiger partial charge in [0.1, 0.15) is 5.01 Å². The fraction of sp³-hybridized carbons (Fsp3) is 0.250. The van der Waals surface area contributed by atoms with Crippen LogP contribution in [0.5, 0.6) is 0 Å². The van der Waals surface area contributed by atoms with Gasteiger partial charge in [-0.2, -0.15) is 5.26 Å². The number of aryl methyl sites for hydroxylation is 1. The van der Waals surface area contributed by atoms with E-state index in [9.17, 15) is 14.9 Å². The second-order valence-corrected chi connectivity index (χ2v) is 6.55. The molecule has 2 rings (SSSR count). The zero-order chi connectivity index (χ0) is 17.7. The summed E-state index contributed by atoms with van der Waals surface area (Å²) < 4.78 is 5.71. The van der Waals surface area contributed by atoms with Crippen LogP contribution in [0, 0.1) is 18.3 Å². The maximum atomic E-state index is 12.3. The summed E-state index contributed by atoms with van der Waals surface area (Å²) in [4.78, 5) is 28.0. The maximum Gasteiger partial charge on any atom is 0.357 e. The number of carbonyl (C=O) groups is 2. The number of hydrogen-bond acceptors (Lipinski definition) is 6. The molecule has 1 aromatic heterocycles. The molecule has 1 atom stereocenters. The highest BCUT2D eigenvalue weighted by Crippen LogP contribution is 2.24. The number of esters is 1. The minimum atomic E-state index is -1.10. The van der Waals surface area contributed by atoms with E-state index in [-0.39, 0.29) is 17.3 Å². The predicted molar refractivity (Wildman–Crippen MR) is 93.9 cm³/mol. The molecular formula is C16H14BrN3O3S. The molecule has 0 aliphatic heterocycles. The number of anilines is 1. The maximum absolute atomic E-state index is 12.3. The van der Waals surface area contributed by atoms with Crippen LogP contribution in [0.1, 0.15) is 33.9 Å². The monoisotopic (exact) mass is 407 g/mol. The van der Waals surface area contributed by atoms with E-state index in [1.165, 1.54) is 5.38 Å². The topological polar surface area (TPSA) is 92.1 Å². The van der Waals surface area contributed by atoms with Gasteiger partial charge in [0.15, 0.2) is 11.6 Å². The molecule has 1 unspecified atom stereocenters. The molecule has 1 amide bonds. The number of benzene rings is 1. The van der Waals surface area contributed by atoms with E-state index in [0.717, 1.165) is 21.4 Å². The SMILES string of the molecule is CCOC(=O)c1csc(C(C#N)C(=O)Nc2ccc(C)c(Br)c2)n1. The number of halogens is 1. The van der Waals surface area contributed by atoms with Gasteiger partial charge >= 0.3 is 5.97 Å². The molecule has 1 heterocycles. The first-order chi connectivity index (χ1) is 11.5. The molecule has 1 N–H and O–H groups in total. The Morgan fingerprint density at radius 1 is 1.50 bits per heavy atom. The van der Waals surface area contributed by atoms with Crippen LogP contribution in [0.15, 0.2) is 28.1 Å². The number of ether oxygens (including phenoxy) is 1. The quantitative estimate of drug-likeness (QED) is 0.763. The summed E-state index contributed by atoms with van der Waals surface area (Å²) in [5.41, 5.74) is 1.70.